The summed E-state index contributed by atoms with van der Waals surface area (Å²) in [5.74, 6) is -1.20. The van der Waals surface area contributed by atoms with Gasteiger partial charge < -0.3 is 11.1 Å². The van der Waals surface area contributed by atoms with Gasteiger partial charge in [0.2, 0.25) is 5.91 Å². The highest BCUT2D eigenvalue weighted by atomic mass is 35.5. The Kier molecular flexibility index (Phi) is 7.40. The number of primary amides is 1. The average Bonchev–Trinajstić information content (AvgIpc) is 3.16. The number of aromatic nitrogens is 3. The number of benzene rings is 2. The van der Waals surface area contributed by atoms with Crippen molar-refractivity contribution >= 4 is 46.6 Å². The van der Waals surface area contributed by atoms with Crippen molar-refractivity contribution in [3.63, 3.8) is 0 Å². The summed E-state index contributed by atoms with van der Waals surface area (Å²) >= 11 is 18.6. The molecule has 178 valence electrons. The molecular weight excluding hydrogens is 509 g/mol. The Balaban J connectivity index is 1.76. The molecule has 4 aromatic rings. The van der Waals surface area contributed by atoms with Gasteiger partial charge in [0.25, 0.3) is 5.91 Å². The van der Waals surface area contributed by atoms with Gasteiger partial charge in [0.05, 0.1) is 16.4 Å². The number of nitrogens with two attached hydrogens (primary N) is 1. The number of halogens is 3. The van der Waals surface area contributed by atoms with E-state index in [0.29, 0.717) is 32.0 Å². The van der Waals surface area contributed by atoms with Crippen LogP contribution in [-0.2, 0) is 11.2 Å². The quantitative estimate of drug-likeness (QED) is 0.351. The molecule has 2 heterocycles. The van der Waals surface area contributed by atoms with E-state index in [0.717, 1.165) is 11.1 Å². The highest BCUT2D eigenvalue weighted by molar-refractivity contribution is 6.35. The number of rotatable bonds is 7. The van der Waals surface area contributed by atoms with Gasteiger partial charge in [-0.25, -0.2) is 4.68 Å². The highest BCUT2D eigenvalue weighted by Gasteiger charge is 2.26. The van der Waals surface area contributed by atoms with E-state index in [-0.39, 0.29) is 12.1 Å². The maximum atomic E-state index is 13.3. The zero-order valence-corrected chi connectivity index (χ0v) is 20.8. The number of pyridine rings is 1. The Morgan fingerprint density at radius 2 is 1.66 bits per heavy atom. The molecule has 0 spiro atoms. The molecular formula is C25H20Cl3N5O2. The van der Waals surface area contributed by atoms with Crippen LogP contribution >= 0.6 is 34.8 Å². The summed E-state index contributed by atoms with van der Waals surface area (Å²) in [5.41, 5.74) is 9.04. The fraction of sp³-hybridized carbons (Fsp3) is 0.120. The van der Waals surface area contributed by atoms with Crippen LogP contribution < -0.4 is 11.1 Å². The lowest BCUT2D eigenvalue weighted by Crippen LogP contribution is -2.46. The predicted octanol–water partition coefficient (Wildman–Crippen LogP) is 5.03. The first-order valence-electron chi connectivity index (χ1n) is 10.5. The van der Waals surface area contributed by atoms with E-state index in [1.807, 2.05) is 12.1 Å². The largest absolute Gasteiger partial charge is 0.368 e. The molecule has 2 aromatic heterocycles. The Hall–Kier alpha value is -3.39. The average molecular weight is 529 g/mol. The Labute approximate surface area is 216 Å². The van der Waals surface area contributed by atoms with Gasteiger partial charge in [-0.3, -0.25) is 14.6 Å². The smallest absolute Gasteiger partial charge is 0.272 e. The third-order valence-corrected chi connectivity index (χ3v) is 6.22. The normalized spacial score (nSPS) is 11.8. The number of carbonyl (C=O) groups is 2. The van der Waals surface area contributed by atoms with Gasteiger partial charge in [-0.2, -0.15) is 5.10 Å². The fourth-order valence-electron chi connectivity index (χ4n) is 3.69. The molecule has 0 fully saturated rings. The van der Waals surface area contributed by atoms with Crippen molar-refractivity contribution in [2.45, 2.75) is 19.4 Å². The van der Waals surface area contributed by atoms with Crippen LogP contribution in [0.5, 0.6) is 0 Å². The van der Waals surface area contributed by atoms with Crippen molar-refractivity contribution in [1.29, 1.82) is 0 Å². The summed E-state index contributed by atoms with van der Waals surface area (Å²) in [5, 5.41) is 8.68. The maximum absolute atomic E-state index is 13.3. The lowest BCUT2D eigenvalue weighted by Gasteiger charge is -2.15. The van der Waals surface area contributed by atoms with Gasteiger partial charge in [0, 0.05) is 40.0 Å². The summed E-state index contributed by atoms with van der Waals surface area (Å²) in [7, 11) is 0. The van der Waals surface area contributed by atoms with Crippen LogP contribution in [0.15, 0.2) is 67.0 Å². The van der Waals surface area contributed by atoms with Gasteiger partial charge in [-0.05, 0) is 55.0 Å². The monoisotopic (exact) mass is 527 g/mol. The Morgan fingerprint density at radius 3 is 2.29 bits per heavy atom. The molecule has 1 unspecified atom stereocenters. The second-order valence-electron chi connectivity index (χ2n) is 7.82. The minimum Gasteiger partial charge on any atom is -0.368 e. The number of nitrogens with one attached hydrogen (secondary N) is 1. The van der Waals surface area contributed by atoms with Crippen molar-refractivity contribution in [3.8, 4) is 16.9 Å². The van der Waals surface area contributed by atoms with Gasteiger partial charge in [0.15, 0.2) is 5.69 Å². The van der Waals surface area contributed by atoms with Crippen LogP contribution in [0, 0.1) is 6.92 Å². The molecule has 3 N–H and O–H groups in total. The number of hydrogen-bond acceptors (Lipinski definition) is 4. The third kappa shape index (κ3) is 5.48. The summed E-state index contributed by atoms with van der Waals surface area (Å²) < 4.78 is 1.58. The molecule has 0 aliphatic carbocycles. The van der Waals surface area contributed by atoms with Crippen molar-refractivity contribution in [2.24, 2.45) is 5.73 Å². The van der Waals surface area contributed by atoms with E-state index in [4.69, 9.17) is 40.5 Å². The van der Waals surface area contributed by atoms with Gasteiger partial charge in [0.1, 0.15) is 6.04 Å². The molecule has 0 saturated heterocycles. The van der Waals surface area contributed by atoms with Crippen molar-refractivity contribution in [1.82, 2.24) is 20.1 Å². The maximum Gasteiger partial charge on any atom is 0.272 e. The molecule has 10 heteroatoms. The van der Waals surface area contributed by atoms with E-state index in [1.54, 1.807) is 66.5 Å². The van der Waals surface area contributed by atoms with E-state index in [9.17, 15) is 9.59 Å². The molecule has 1 atom stereocenters. The first kappa shape index (κ1) is 24.7. The molecule has 0 bridgehead atoms. The summed E-state index contributed by atoms with van der Waals surface area (Å²) in [4.78, 5) is 29.4. The first-order valence-corrected chi connectivity index (χ1v) is 11.7. The number of carbonyl (C=O) groups excluding carboxylic acids is 2. The summed E-state index contributed by atoms with van der Waals surface area (Å²) in [6.45, 7) is 1.77. The molecule has 4 rings (SSSR count). The molecule has 2 amide bonds. The highest BCUT2D eigenvalue weighted by Crippen LogP contribution is 2.33. The van der Waals surface area contributed by atoms with Gasteiger partial charge in [-0.1, -0.05) is 46.9 Å². The number of nitrogens with zero attached hydrogens (tertiary/aromatic N) is 3. The van der Waals surface area contributed by atoms with Gasteiger partial charge >= 0.3 is 0 Å². The summed E-state index contributed by atoms with van der Waals surface area (Å²) in [6.07, 6.45) is 3.43. The Morgan fingerprint density at radius 1 is 1.00 bits per heavy atom. The number of hydrogen-bond donors (Lipinski definition) is 2. The predicted molar refractivity (Wildman–Crippen MR) is 137 cm³/mol. The van der Waals surface area contributed by atoms with Gasteiger partial charge in [-0.15, -0.1) is 0 Å². The second-order valence-corrected chi connectivity index (χ2v) is 9.10. The SMILES string of the molecule is Cc1c(C(=O)NC(Cc2ccncc2)C(N)=O)nn(-c2ccc(Cl)cc2Cl)c1-c1ccc(Cl)cc1. The molecule has 0 saturated carbocycles. The molecule has 2 aromatic carbocycles. The lowest BCUT2D eigenvalue weighted by molar-refractivity contribution is -0.119. The Bertz CT molecular complexity index is 1390. The number of amides is 2. The second kappa shape index (κ2) is 10.5. The van der Waals surface area contributed by atoms with Crippen LogP contribution in [0.3, 0.4) is 0 Å². The molecule has 0 radical (unpaired) electrons. The van der Waals surface area contributed by atoms with E-state index in [1.165, 1.54) is 0 Å². The van der Waals surface area contributed by atoms with Crippen molar-refractivity contribution in [3.05, 3.63) is 98.9 Å². The van der Waals surface area contributed by atoms with Crippen LogP contribution in [0.25, 0.3) is 16.9 Å². The summed E-state index contributed by atoms with van der Waals surface area (Å²) in [6, 6.07) is 14.7. The molecule has 0 aliphatic heterocycles. The van der Waals surface area contributed by atoms with Crippen LogP contribution in [0.4, 0.5) is 0 Å². The standard InChI is InChI=1S/C25H20Cl3N5O2/c1-14-22(25(35)31-20(24(29)34)12-15-8-10-30-11-9-15)32-33(21-7-6-18(27)13-19(21)28)23(14)16-2-4-17(26)5-3-16/h2-11,13,20H,12H2,1H3,(H2,29,34)(H,31,35). The topological polar surface area (TPSA) is 103 Å². The van der Waals surface area contributed by atoms with E-state index < -0.39 is 17.9 Å². The minimum absolute atomic E-state index is 0.127. The van der Waals surface area contributed by atoms with Crippen LogP contribution in [0.2, 0.25) is 15.1 Å². The van der Waals surface area contributed by atoms with E-state index in [2.05, 4.69) is 15.4 Å². The van der Waals surface area contributed by atoms with Crippen LogP contribution in [0.1, 0.15) is 21.6 Å². The van der Waals surface area contributed by atoms with Crippen LogP contribution in [-0.4, -0.2) is 32.6 Å². The molecule has 35 heavy (non-hydrogen) atoms. The lowest BCUT2D eigenvalue weighted by atomic mass is 10.0. The van der Waals surface area contributed by atoms with Crippen molar-refractivity contribution in [2.75, 3.05) is 0 Å². The zero-order chi connectivity index (χ0) is 25.1. The minimum atomic E-state index is -0.937. The fourth-order valence-corrected chi connectivity index (χ4v) is 4.30. The zero-order valence-electron chi connectivity index (χ0n) is 18.5. The van der Waals surface area contributed by atoms with Crippen molar-refractivity contribution < 1.29 is 9.59 Å². The first-order chi connectivity index (χ1) is 16.7. The molecule has 7 nitrogen and oxygen atoms in total. The third-order valence-electron chi connectivity index (χ3n) is 5.43. The van der Waals surface area contributed by atoms with E-state index >= 15 is 0 Å². The molecule has 0 aliphatic rings.